The van der Waals surface area contributed by atoms with Crippen molar-refractivity contribution < 1.29 is 4.79 Å². The lowest BCUT2D eigenvalue weighted by Gasteiger charge is -2.07. The van der Waals surface area contributed by atoms with Crippen LogP contribution in [0.1, 0.15) is 12.5 Å². The van der Waals surface area contributed by atoms with Gasteiger partial charge in [0.05, 0.1) is 11.4 Å². The first-order valence-electron chi connectivity index (χ1n) is 8.32. The number of benzene rings is 2. The van der Waals surface area contributed by atoms with E-state index in [1.54, 1.807) is 0 Å². The Hall–Kier alpha value is -2.86. The zero-order valence-electron chi connectivity index (χ0n) is 14.4. The molecule has 1 amide bonds. The number of amides is 1. The fraction of sp³-hybridized carbons (Fsp3) is 0.150. The molecule has 0 saturated heterocycles. The highest BCUT2D eigenvalue weighted by atomic mass is 32.2. The molecule has 132 valence electrons. The van der Waals surface area contributed by atoms with Gasteiger partial charge in [-0.25, -0.2) is 4.98 Å². The second kappa shape index (κ2) is 8.49. The first-order chi connectivity index (χ1) is 12.6. The van der Waals surface area contributed by atoms with Gasteiger partial charge >= 0.3 is 0 Å². The minimum absolute atomic E-state index is 0.146. The van der Waals surface area contributed by atoms with E-state index in [1.165, 1.54) is 23.4 Å². The molecule has 0 atom stereocenters. The number of aromatic nitrogens is 2. The minimum Gasteiger partial charge on any atom is -0.325 e. The third kappa shape index (κ3) is 4.83. The van der Waals surface area contributed by atoms with E-state index >= 15 is 0 Å². The molecule has 1 aromatic heterocycles. The smallest absolute Gasteiger partial charge is 0.252 e. The number of hydrogen-bond donors (Lipinski definition) is 2. The van der Waals surface area contributed by atoms with E-state index < -0.39 is 0 Å². The number of carbonyl (C=O) groups excluding carboxylic acids is 1. The summed E-state index contributed by atoms with van der Waals surface area (Å²) in [5.74, 6) is 0.0171. The second-order valence-electron chi connectivity index (χ2n) is 5.69. The molecule has 2 aromatic carbocycles. The normalized spacial score (nSPS) is 10.5. The molecule has 0 spiro atoms. The molecule has 5 nitrogen and oxygen atoms in total. The Kier molecular flexibility index (Phi) is 5.86. The van der Waals surface area contributed by atoms with Gasteiger partial charge in [-0.2, -0.15) is 0 Å². The van der Waals surface area contributed by atoms with E-state index in [-0.39, 0.29) is 17.2 Å². The Labute approximate surface area is 155 Å². The van der Waals surface area contributed by atoms with Gasteiger partial charge in [-0.3, -0.25) is 9.59 Å². The lowest BCUT2D eigenvalue weighted by Crippen LogP contribution is -2.15. The van der Waals surface area contributed by atoms with Crippen LogP contribution in [0.4, 0.5) is 5.69 Å². The predicted octanol–water partition coefficient (Wildman–Crippen LogP) is 3.73. The van der Waals surface area contributed by atoms with E-state index in [0.29, 0.717) is 10.9 Å². The number of nitrogens with one attached hydrogen (secondary N) is 2. The lowest BCUT2D eigenvalue weighted by molar-refractivity contribution is -0.113. The molecule has 1 heterocycles. The van der Waals surface area contributed by atoms with Crippen LogP contribution < -0.4 is 10.9 Å². The van der Waals surface area contributed by atoms with Gasteiger partial charge in [0, 0.05) is 17.3 Å². The molecule has 0 aliphatic carbocycles. The maximum Gasteiger partial charge on any atom is 0.252 e. The number of rotatable bonds is 6. The van der Waals surface area contributed by atoms with Crippen LogP contribution in [-0.2, 0) is 11.2 Å². The second-order valence-corrected chi connectivity index (χ2v) is 6.65. The third-order valence-corrected chi connectivity index (χ3v) is 4.65. The van der Waals surface area contributed by atoms with Gasteiger partial charge in [-0.1, -0.05) is 61.2 Å². The van der Waals surface area contributed by atoms with Crippen molar-refractivity contribution in [3.8, 4) is 11.3 Å². The van der Waals surface area contributed by atoms with Gasteiger partial charge in [-0.05, 0) is 24.1 Å². The van der Waals surface area contributed by atoms with Crippen molar-refractivity contribution in [1.82, 2.24) is 9.97 Å². The van der Waals surface area contributed by atoms with E-state index in [0.717, 1.165) is 17.7 Å². The average Bonchev–Trinajstić information content (AvgIpc) is 2.67. The summed E-state index contributed by atoms with van der Waals surface area (Å²) in [5, 5.41) is 3.27. The summed E-state index contributed by atoms with van der Waals surface area (Å²) in [7, 11) is 0. The summed E-state index contributed by atoms with van der Waals surface area (Å²) >= 11 is 1.20. The molecular formula is C20H19N3O2S. The molecule has 0 fully saturated rings. The molecule has 0 bridgehead atoms. The first kappa shape index (κ1) is 17.9. The summed E-state index contributed by atoms with van der Waals surface area (Å²) in [6, 6.07) is 18.7. The van der Waals surface area contributed by atoms with Crippen LogP contribution in [0.2, 0.25) is 0 Å². The molecule has 0 unspecified atom stereocenters. The van der Waals surface area contributed by atoms with Gasteiger partial charge in [-0.15, -0.1) is 0 Å². The highest BCUT2D eigenvalue weighted by Crippen LogP contribution is 2.19. The number of aromatic amines is 1. The SMILES string of the molecule is CCc1ccc(NC(=O)CSc2nc(-c3ccccc3)cc(=O)[nH]2)cc1. The van der Waals surface area contributed by atoms with E-state index in [1.807, 2.05) is 54.6 Å². The van der Waals surface area contributed by atoms with Crippen molar-refractivity contribution >= 4 is 23.4 Å². The number of carbonyl (C=O) groups is 1. The number of aryl methyl sites for hydroxylation is 1. The highest BCUT2D eigenvalue weighted by Gasteiger charge is 2.08. The molecule has 0 aliphatic heterocycles. The van der Waals surface area contributed by atoms with Crippen molar-refractivity contribution in [1.29, 1.82) is 0 Å². The molecule has 0 saturated carbocycles. The van der Waals surface area contributed by atoms with E-state index in [9.17, 15) is 9.59 Å². The highest BCUT2D eigenvalue weighted by molar-refractivity contribution is 7.99. The van der Waals surface area contributed by atoms with Crippen molar-refractivity contribution in [3.63, 3.8) is 0 Å². The molecule has 0 aliphatic rings. The Morgan fingerprint density at radius 1 is 1.12 bits per heavy atom. The van der Waals surface area contributed by atoms with Gasteiger partial charge in [0.2, 0.25) is 5.91 Å². The van der Waals surface area contributed by atoms with Crippen LogP contribution in [0.25, 0.3) is 11.3 Å². The Morgan fingerprint density at radius 3 is 2.54 bits per heavy atom. The van der Waals surface area contributed by atoms with Crippen LogP contribution in [0.15, 0.2) is 70.6 Å². The van der Waals surface area contributed by atoms with Crippen LogP contribution in [-0.4, -0.2) is 21.6 Å². The van der Waals surface area contributed by atoms with Crippen molar-refractivity contribution in [3.05, 3.63) is 76.6 Å². The molecule has 6 heteroatoms. The quantitative estimate of drug-likeness (QED) is 0.516. The van der Waals surface area contributed by atoms with E-state index in [2.05, 4.69) is 22.2 Å². The number of H-pyrrole nitrogens is 1. The Bertz CT molecular complexity index is 937. The Balaban J connectivity index is 1.64. The number of hydrogen-bond acceptors (Lipinski definition) is 4. The first-order valence-corrected chi connectivity index (χ1v) is 9.31. The molecular weight excluding hydrogens is 346 g/mol. The number of anilines is 1. The summed E-state index contributed by atoms with van der Waals surface area (Å²) in [6.45, 7) is 2.08. The zero-order valence-corrected chi connectivity index (χ0v) is 15.2. The summed E-state index contributed by atoms with van der Waals surface area (Å²) < 4.78 is 0. The van der Waals surface area contributed by atoms with Gasteiger partial charge in [0.25, 0.3) is 5.56 Å². The maximum atomic E-state index is 12.1. The minimum atomic E-state index is -0.239. The van der Waals surface area contributed by atoms with Crippen molar-refractivity contribution in [2.24, 2.45) is 0 Å². The monoisotopic (exact) mass is 365 g/mol. The lowest BCUT2D eigenvalue weighted by atomic mass is 10.1. The standard InChI is InChI=1S/C20H19N3O2S/c1-2-14-8-10-16(11-9-14)21-19(25)13-26-20-22-17(12-18(24)23-20)15-6-4-3-5-7-15/h3-12H,2,13H2,1H3,(H,21,25)(H,22,23,24). The van der Waals surface area contributed by atoms with Gasteiger partial charge < -0.3 is 10.3 Å². The molecule has 0 radical (unpaired) electrons. The molecule has 26 heavy (non-hydrogen) atoms. The van der Waals surface area contributed by atoms with Crippen molar-refractivity contribution in [2.45, 2.75) is 18.5 Å². The Morgan fingerprint density at radius 2 is 1.85 bits per heavy atom. The summed E-state index contributed by atoms with van der Waals surface area (Å²) in [4.78, 5) is 31.1. The van der Waals surface area contributed by atoms with Crippen LogP contribution in [0.3, 0.4) is 0 Å². The molecule has 3 rings (SSSR count). The average molecular weight is 365 g/mol. The number of thioether (sulfide) groups is 1. The summed E-state index contributed by atoms with van der Waals surface area (Å²) in [5.41, 5.74) is 3.19. The topological polar surface area (TPSA) is 74.8 Å². The predicted molar refractivity (Wildman–Crippen MR) is 105 cm³/mol. The fourth-order valence-corrected chi connectivity index (χ4v) is 3.09. The third-order valence-electron chi connectivity index (χ3n) is 3.78. The number of nitrogens with zero attached hydrogens (tertiary/aromatic N) is 1. The van der Waals surface area contributed by atoms with Crippen LogP contribution in [0.5, 0.6) is 0 Å². The van der Waals surface area contributed by atoms with Gasteiger partial charge in [0.15, 0.2) is 5.16 Å². The van der Waals surface area contributed by atoms with Crippen LogP contribution >= 0.6 is 11.8 Å². The zero-order chi connectivity index (χ0) is 18.4. The molecule has 2 N–H and O–H groups in total. The maximum absolute atomic E-state index is 12.1. The molecule has 3 aromatic rings. The largest absolute Gasteiger partial charge is 0.325 e. The van der Waals surface area contributed by atoms with Gasteiger partial charge in [0.1, 0.15) is 0 Å². The van der Waals surface area contributed by atoms with Crippen molar-refractivity contribution in [2.75, 3.05) is 11.1 Å². The fourth-order valence-electron chi connectivity index (χ4n) is 2.42. The van der Waals surface area contributed by atoms with E-state index in [4.69, 9.17) is 0 Å². The summed E-state index contributed by atoms with van der Waals surface area (Å²) in [6.07, 6.45) is 0.959. The van der Waals surface area contributed by atoms with Crippen LogP contribution in [0, 0.1) is 0 Å².